The fourth-order valence-corrected chi connectivity index (χ4v) is 4.92. The number of carbonyl (C=O) groups is 1. The van der Waals surface area contributed by atoms with Crippen molar-refractivity contribution in [1.29, 1.82) is 0 Å². The summed E-state index contributed by atoms with van der Waals surface area (Å²) in [5.41, 5.74) is 2.62. The van der Waals surface area contributed by atoms with E-state index in [1.54, 1.807) is 0 Å². The van der Waals surface area contributed by atoms with Gasteiger partial charge in [0.2, 0.25) is 5.91 Å². The van der Waals surface area contributed by atoms with E-state index in [0.29, 0.717) is 12.5 Å². The molecule has 2 fully saturated rings. The van der Waals surface area contributed by atoms with E-state index < -0.39 is 0 Å². The third-order valence-electron chi connectivity index (χ3n) is 6.95. The number of guanidine groups is 1. The molecule has 0 bridgehead atoms. The lowest BCUT2D eigenvalue weighted by Gasteiger charge is -2.26. The van der Waals surface area contributed by atoms with Crippen LogP contribution in [0.1, 0.15) is 70.4 Å². The van der Waals surface area contributed by atoms with E-state index in [1.807, 2.05) is 0 Å². The number of benzene rings is 1. The maximum atomic E-state index is 12.9. The molecule has 1 atom stereocenters. The van der Waals surface area contributed by atoms with Crippen LogP contribution in [0.3, 0.4) is 0 Å². The molecule has 1 saturated carbocycles. The van der Waals surface area contributed by atoms with Crippen molar-refractivity contribution in [2.45, 2.75) is 78.4 Å². The first kappa shape index (κ1) is 27.9. The smallest absolute Gasteiger partial charge is 0.225 e. The second-order valence-electron chi connectivity index (χ2n) is 9.17. The SMILES string of the molecule is CCNC(=NCc1ccccc1CN(CC)CC)NC1CCN(C(=O)C2CCCCC2)C1.I. The van der Waals surface area contributed by atoms with Crippen LogP contribution in [0.4, 0.5) is 0 Å². The van der Waals surface area contributed by atoms with Gasteiger partial charge in [-0.25, -0.2) is 4.99 Å². The van der Waals surface area contributed by atoms with Gasteiger partial charge in [0.15, 0.2) is 5.96 Å². The zero-order chi connectivity index (χ0) is 22.8. The number of rotatable bonds is 9. The van der Waals surface area contributed by atoms with Gasteiger partial charge in [0, 0.05) is 38.1 Å². The first-order valence-corrected chi connectivity index (χ1v) is 12.8. The molecule has 6 nitrogen and oxygen atoms in total. The molecular formula is C26H44IN5O. The fourth-order valence-electron chi connectivity index (χ4n) is 4.92. The molecule has 0 radical (unpaired) electrons. The molecule has 1 aliphatic heterocycles. The summed E-state index contributed by atoms with van der Waals surface area (Å²) < 4.78 is 0. The number of hydrogen-bond acceptors (Lipinski definition) is 3. The fraction of sp³-hybridized carbons (Fsp3) is 0.692. The molecular weight excluding hydrogens is 525 g/mol. The summed E-state index contributed by atoms with van der Waals surface area (Å²) in [7, 11) is 0. The topological polar surface area (TPSA) is 60.0 Å². The quantitative estimate of drug-likeness (QED) is 0.263. The van der Waals surface area contributed by atoms with Gasteiger partial charge in [-0.1, -0.05) is 57.4 Å². The molecule has 7 heteroatoms. The van der Waals surface area contributed by atoms with Gasteiger partial charge in [-0.2, -0.15) is 0 Å². The number of hydrogen-bond donors (Lipinski definition) is 2. The number of likely N-dealkylation sites (tertiary alicyclic amines) is 1. The number of carbonyl (C=O) groups excluding carboxylic acids is 1. The molecule has 1 unspecified atom stereocenters. The van der Waals surface area contributed by atoms with Crippen molar-refractivity contribution in [2.24, 2.45) is 10.9 Å². The number of nitrogens with zero attached hydrogens (tertiary/aromatic N) is 3. The van der Waals surface area contributed by atoms with Gasteiger partial charge in [0.05, 0.1) is 6.54 Å². The standard InChI is InChI=1S/C26H43N5O.HI/c1-4-27-26(28-18-22-14-10-11-15-23(22)19-30(5-2)6-3)29-24-16-17-31(20-24)25(32)21-12-8-7-9-13-21;/h10-11,14-15,21,24H,4-9,12-13,16-20H2,1-3H3,(H2,27,28,29);1H. The second kappa shape index (κ2) is 14.8. The van der Waals surface area contributed by atoms with E-state index in [-0.39, 0.29) is 35.9 Å². The molecule has 3 rings (SSSR count). The lowest BCUT2D eigenvalue weighted by Crippen LogP contribution is -2.45. The Bertz CT molecular complexity index is 746. The van der Waals surface area contributed by atoms with E-state index in [1.165, 1.54) is 30.4 Å². The van der Waals surface area contributed by atoms with Gasteiger partial charge in [-0.05, 0) is 50.4 Å². The molecule has 1 aromatic carbocycles. The van der Waals surface area contributed by atoms with Crippen LogP contribution in [0.5, 0.6) is 0 Å². The van der Waals surface area contributed by atoms with Crippen molar-refractivity contribution >= 4 is 35.8 Å². The Hall–Kier alpha value is -1.35. The molecule has 2 aliphatic rings. The molecule has 186 valence electrons. The molecule has 0 aromatic heterocycles. The van der Waals surface area contributed by atoms with Gasteiger partial charge < -0.3 is 15.5 Å². The number of amides is 1. The van der Waals surface area contributed by atoms with Crippen LogP contribution in [-0.4, -0.2) is 60.4 Å². The molecule has 33 heavy (non-hydrogen) atoms. The zero-order valence-corrected chi connectivity index (χ0v) is 23.1. The number of aliphatic imine (C=N–C) groups is 1. The predicted molar refractivity (Wildman–Crippen MR) is 148 cm³/mol. The largest absolute Gasteiger partial charge is 0.357 e. The third-order valence-corrected chi connectivity index (χ3v) is 6.95. The Morgan fingerprint density at radius 3 is 2.42 bits per heavy atom. The lowest BCUT2D eigenvalue weighted by atomic mass is 9.88. The van der Waals surface area contributed by atoms with Gasteiger partial charge in [0.1, 0.15) is 0 Å². The van der Waals surface area contributed by atoms with Crippen molar-refractivity contribution in [3.05, 3.63) is 35.4 Å². The average Bonchev–Trinajstić information content (AvgIpc) is 3.30. The van der Waals surface area contributed by atoms with E-state index in [4.69, 9.17) is 4.99 Å². The molecule has 1 aliphatic carbocycles. The summed E-state index contributed by atoms with van der Waals surface area (Å²) in [5.74, 6) is 1.48. The van der Waals surface area contributed by atoms with Crippen LogP contribution in [0.15, 0.2) is 29.3 Å². The van der Waals surface area contributed by atoms with Crippen molar-refractivity contribution in [1.82, 2.24) is 20.4 Å². The van der Waals surface area contributed by atoms with Crippen LogP contribution < -0.4 is 10.6 Å². The summed E-state index contributed by atoms with van der Waals surface area (Å²) in [4.78, 5) is 22.3. The van der Waals surface area contributed by atoms with Crippen molar-refractivity contribution in [3.63, 3.8) is 0 Å². The normalized spacial score (nSPS) is 19.5. The van der Waals surface area contributed by atoms with E-state index >= 15 is 0 Å². The van der Waals surface area contributed by atoms with Crippen LogP contribution in [-0.2, 0) is 17.9 Å². The highest BCUT2D eigenvalue weighted by atomic mass is 127. The third kappa shape index (κ3) is 8.42. The van der Waals surface area contributed by atoms with Crippen LogP contribution in [0, 0.1) is 5.92 Å². The predicted octanol–water partition coefficient (Wildman–Crippen LogP) is 4.38. The minimum Gasteiger partial charge on any atom is -0.357 e. The lowest BCUT2D eigenvalue weighted by molar-refractivity contribution is -0.135. The molecule has 1 heterocycles. The Balaban J connectivity index is 0.00000385. The number of halogens is 1. The van der Waals surface area contributed by atoms with Crippen molar-refractivity contribution < 1.29 is 4.79 Å². The van der Waals surface area contributed by atoms with E-state index in [9.17, 15) is 4.79 Å². The van der Waals surface area contributed by atoms with Crippen molar-refractivity contribution in [2.75, 3.05) is 32.7 Å². The molecule has 1 amide bonds. The maximum absolute atomic E-state index is 12.9. The monoisotopic (exact) mass is 569 g/mol. The van der Waals surface area contributed by atoms with Crippen molar-refractivity contribution in [3.8, 4) is 0 Å². The molecule has 1 saturated heterocycles. The highest BCUT2D eigenvalue weighted by molar-refractivity contribution is 14.0. The average molecular weight is 570 g/mol. The van der Waals surface area contributed by atoms with E-state index in [2.05, 4.69) is 65.5 Å². The van der Waals surface area contributed by atoms with Crippen LogP contribution in [0.25, 0.3) is 0 Å². The first-order chi connectivity index (χ1) is 15.6. The Morgan fingerprint density at radius 2 is 1.76 bits per heavy atom. The Kier molecular flexibility index (Phi) is 12.5. The summed E-state index contributed by atoms with van der Waals surface area (Å²) >= 11 is 0. The minimum atomic E-state index is 0. The highest BCUT2D eigenvalue weighted by Crippen LogP contribution is 2.26. The maximum Gasteiger partial charge on any atom is 0.225 e. The second-order valence-corrected chi connectivity index (χ2v) is 9.17. The van der Waals surface area contributed by atoms with Gasteiger partial charge in [0.25, 0.3) is 0 Å². The highest BCUT2D eigenvalue weighted by Gasteiger charge is 2.31. The Labute approximate surface area is 218 Å². The molecule has 2 N–H and O–H groups in total. The van der Waals surface area contributed by atoms with E-state index in [0.717, 1.165) is 64.5 Å². The minimum absolute atomic E-state index is 0. The summed E-state index contributed by atoms with van der Waals surface area (Å²) in [6, 6.07) is 8.89. The Morgan fingerprint density at radius 1 is 1.06 bits per heavy atom. The zero-order valence-electron chi connectivity index (χ0n) is 20.8. The van der Waals surface area contributed by atoms with Gasteiger partial charge >= 0.3 is 0 Å². The summed E-state index contributed by atoms with van der Waals surface area (Å²) in [5, 5.41) is 6.99. The summed E-state index contributed by atoms with van der Waals surface area (Å²) in [6.45, 7) is 12.7. The van der Waals surface area contributed by atoms with Gasteiger partial charge in [-0.15, -0.1) is 24.0 Å². The molecule has 1 aromatic rings. The first-order valence-electron chi connectivity index (χ1n) is 12.8. The van der Waals surface area contributed by atoms with Crippen LogP contribution >= 0.6 is 24.0 Å². The molecule has 0 spiro atoms. The van der Waals surface area contributed by atoms with Crippen LogP contribution in [0.2, 0.25) is 0 Å². The van der Waals surface area contributed by atoms with Gasteiger partial charge in [-0.3, -0.25) is 9.69 Å². The number of nitrogens with one attached hydrogen (secondary N) is 2. The summed E-state index contributed by atoms with van der Waals surface area (Å²) in [6.07, 6.45) is 6.84.